The van der Waals surface area contributed by atoms with Crippen LogP contribution in [0.2, 0.25) is 0 Å². The van der Waals surface area contributed by atoms with Crippen molar-refractivity contribution in [1.82, 2.24) is 4.90 Å². The second kappa shape index (κ2) is 8.53. The van der Waals surface area contributed by atoms with Crippen molar-refractivity contribution in [3.05, 3.63) is 60.3 Å². The van der Waals surface area contributed by atoms with Gasteiger partial charge in [-0.15, -0.1) is 0 Å². The Kier molecular flexibility index (Phi) is 5.68. The van der Waals surface area contributed by atoms with Crippen LogP contribution in [0.3, 0.4) is 0 Å². The van der Waals surface area contributed by atoms with Gasteiger partial charge in [-0.25, -0.2) is 4.98 Å². The summed E-state index contributed by atoms with van der Waals surface area (Å²) in [6.45, 7) is 5.71. The molecule has 1 atom stereocenters. The van der Waals surface area contributed by atoms with Crippen molar-refractivity contribution >= 4 is 11.7 Å². The number of nitrogens with one attached hydrogen (secondary N) is 2. The maximum absolute atomic E-state index is 13.4. The highest BCUT2D eigenvalue weighted by atomic mass is 16.2. The largest absolute Gasteiger partial charge is 0.337 e. The number of piperazine rings is 1. The average Bonchev–Trinajstić information content (AvgIpc) is 2.76. The van der Waals surface area contributed by atoms with Crippen LogP contribution in [0.25, 0.3) is 0 Å². The van der Waals surface area contributed by atoms with Crippen molar-refractivity contribution in [1.29, 1.82) is 0 Å². The molecule has 4 rings (SSSR count). The van der Waals surface area contributed by atoms with E-state index in [1.807, 2.05) is 18.3 Å². The van der Waals surface area contributed by atoms with Gasteiger partial charge in [-0.3, -0.25) is 9.69 Å². The lowest BCUT2D eigenvalue weighted by molar-refractivity contribution is -0.923. The summed E-state index contributed by atoms with van der Waals surface area (Å²) in [6.07, 6.45) is 5.50. The molecule has 2 fully saturated rings. The number of anilines is 1. The number of carbonyl (C=O) groups excluding carboxylic acids is 1. The standard InChI is InChI=1S/C22H28N4O/c27-22(26-13-7-2-8-14-26)21(19-9-3-1-4-10-19)25-17-15-24(16-18-25)20-11-5-6-12-23-20/h1,3-6,9-12,21H,2,7-8,13-18H2/p+2/t21-/m0/s1. The summed E-state index contributed by atoms with van der Waals surface area (Å²) in [7, 11) is 0. The van der Waals surface area contributed by atoms with E-state index in [2.05, 4.69) is 51.2 Å². The summed E-state index contributed by atoms with van der Waals surface area (Å²) in [5, 5.41) is 0. The molecule has 0 saturated carbocycles. The fraction of sp³-hybridized carbons (Fsp3) is 0.455. The number of H-pyrrole nitrogens is 1. The third-order valence-electron chi connectivity index (χ3n) is 5.89. The van der Waals surface area contributed by atoms with Crippen LogP contribution in [0.4, 0.5) is 5.82 Å². The van der Waals surface area contributed by atoms with Gasteiger partial charge in [0.15, 0.2) is 6.04 Å². The zero-order valence-corrected chi connectivity index (χ0v) is 15.9. The van der Waals surface area contributed by atoms with Gasteiger partial charge in [0, 0.05) is 24.7 Å². The number of hydrogen-bond donors (Lipinski definition) is 1. The summed E-state index contributed by atoms with van der Waals surface area (Å²) in [5.41, 5.74) is 1.16. The van der Waals surface area contributed by atoms with E-state index in [0.29, 0.717) is 5.91 Å². The number of hydrogen-bond acceptors (Lipinski definition) is 2. The zero-order chi connectivity index (χ0) is 18.5. The topological polar surface area (TPSA) is 42.1 Å². The lowest BCUT2D eigenvalue weighted by Gasteiger charge is -2.36. The number of piperidine rings is 1. The molecule has 1 aromatic heterocycles. The molecule has 3 heterocycles. The molecule has 142 valence electrons. The minimum atomic E-state index is -0.0776. The molecule has 0 radical (unpaired) electrons. The summed E-state index contributed by atoms with van der Waals surface area (Å²) >= 11 is 0. The minimum absolute atomic E-state index is 0.0776. The Morgan fingerprint density at radius 3 is 2.26 bits per heavy atom. The first-order chi connectivity index (χ1) is 13.3. The van der Waals surface area contributed by atoms with Crippen LogP contribution in [-0.4, -0.2) is 50.1 Å². The van der Waals surface area contributed by atoms with Gasteiger partial charge in [0.25, 0.3) is 11.7 Å². The van der Waals surface area contributed by atoms with Crippen LogP contribution in [-0.2, 0) is 4.79 Å². The highest BCUT2D eigenvalue weighted by Crippen LogP contribution is 2.18. The van der Waals surface area contributed by atoms with Crippen molar-refractivity contribution in [3.63, 3.8) is 0 Å². The Morgan fingerprint density at radius 2 is 1.59 bits per heavy atom. The number of aromatic amines is 1. The fourth-order valence-corrected chi connectivity index (χ4v) is 4.40. The molecule has 0 unspecified atom stereocenters. The molecular formula is C22H30N4O+2. The molecule has 27 heavy (non-hydrogen) atoms. The van der Waals surface area contributed by atoms with Gasteiger partial charge in [-0.2, -0.15) is 0 Å². The summed E-state index contributed by atoms with van der Waals surface area (Å²) in [6, 6.07) is 16.5. The van der Waals surface area contributed by atoms with E-state index >= 15 is 0 Å². The molecule has 2 aromatic rings. The molecule has 5 heteroatoms. The average molecular weight is 367 g/mol. The van der Waals surface area contributed by atoms with Gasteiger partial charge >= 0.3 is 0 Å². The Balaban J connectivity index is 1.50. The van der Waals surface area contributed by atoms with E-state index in [0.717, 1.165) is 63.5 Å². The number of amides is 1. The van der Waals surface area contributed by atoms with Crippen molar-refractivity contribution in [2.75, 3.05) is 44.2 Å². The van der Waals surface area contributed by atoms with E-state index in [1.54, 1.807) is 0 Å². The zero-order valence-electron chi connectivity index (χ0n) is 15.9. The highest BCUT2D eigenvalue weighted by molar-refractivity contribution is 5.82. The van der Waals surface area contributed by atoms with Crippen LogP contribution >= 0.6 is 0 Å². The van der Waals surface area contributed by atoms with Gasteiger partial charge in [0.2, 0.25) is 0 Å². The SMILES string of the molecule is O=C([C@H](c1ccccc1)[NH+]1CCN(c2cccc[nH+]2)CC1)N1CCCCC1. The van der Waals surface area contributed by atoms with Crippen LogP contribution in [0.1, 0.15) is 30.9 Å². The predicted octanol–water partition coefficient (Wildman–Crippen LogP) is 0.959. The van der Waals surface area contributed by atoms with Gasteiger partial charge < -0.3 is 9.80 Å². The molecule has 1 aromatic carbocycles. The van der Waals surface area contributed by atoms with Gasteiger partial charge in [-0.05, 0) is 25.3 Å². The molecule has 0 spiro atoms. The van der Waals surface area contributed by atoms with Gasteiger partial charge in [0.05, 0.1) is 6.20 Å². The molecule has 2 N–H and O–H groups in total. The molecule has 2 aliphatic rings. The van der Waals surface area contributed by atoms with Crippen LogP contribution < -0.4 is 14.8 Å². The summed E-state index contributed by atoms with van der Waals surface area (Å²) in [5.74, 6) is 1.48. The molecule has 2 saturated heterocycles. The third-order valence-corrected chi connectivity index (χ3v) is 5.89. The number of quaternary nitrogens is 1. The van der Waals surface area contributed by atoms with Crippen LogP contribution in [0, 0.1) is 0 Å². The lowest BCUT2D eigenvalue weighted by Crippen LogP contribution is -3.16. The van der Waals surface area contributed by atoms with Crippen LogP contribution in [0.5, 0.6) is 0 Å². The van der Waals surface area contributed by atoms with E-state index in [4.69, 9.17) is 0 Å². The molecular weight excluding hydrogens is 336 g/mol. The van der Waals surface area contributed by atoms with E-state index < -0.39 is 0 Å². The third kappa shape index (κ3) is 4.14. The second-order valence-corrected chi connectivity index (χ2v) is 7.62. The van der Waals surface area contributed by atoms with E-state index in [1.165, 1.54) is 11.3 Å². The van der Waals surface area contributed by atoms with Crippen molar-refractivity contribution in [2.45, 2.75) is 25.3 Å². The first-order valence-corrected chi connectivity index (χ1v) is 10.2. The summed E-state index contributed by atoms with van der Waals surface area (Å²) < 4.78 is 0. The molecule has 5 nitrogen and oxygen atoms in total. The second-order valence-electron chi connectivity index (χ2n) is 7.62. The Labute approximate surface area is 161 Å². The first kappa shape index (κ1) is 18.0. The molecule has 1 amide bonds. The lowest BCUT2D eigenvalue weighted by atomic mass is 10.0. The van der Waals surface area contributed by atoms with E-state index in [-0.39, 0.29) is 6.04 Å². The van der Waals surface area contributed by atoms with Crippen molar-refractivity contribution in [3.8, 4) is 0 Å². The molecule has 0 bridgehead atoms. The number of likely N-dealkylation sites (tertiary alicyclic amines) is 1. The Morgan fingerprint density at radius 1 is 0.889 bits per heavy atom. The maximum atomic E-state index is 13.4. The normalized spacial score (nSPS) is 19.7. The van der Waals surface area contributed by atoms with Crippen molar-refractivity contribution < 1.29 is 14.7 Å². The van der Waals surface area contributed by atoms with Crippen LogP contribution in [0.15, 0.2) is 54.7 Å². The molecule has 2 aliphatic heterocycles. The number of benzene rings is 1. The monoisotopic (exact) mass is 366 g/mol. The van der Waals surface area contributed by atoms with Gasteiger partial charge in [0.1, 0.15) is 26.2 Å². The molecule has 0 aliphatic carbocycles. The minimum Gasteiger partial charge on any atom is -0.337 e. The maximum Gasteiger partial charge on any atom is 0.285 e. The quantitative estimate of drug-likeness (QED) is 0.876. The first-order valence-electron chi connectivity index (χ1n) is 10.2. The smallest absolute Gasteiger partial charge is 0.285 e. The number of pyridine rings is 1. The highest BCUT2D eigenvalue weighted by Gasteiger charge is 2.38. The fourth-order valence-electron chi connectivity index (χ4n) is 4.40. The van der Waals surface area contributed by atoms with Gasteiger partial charge in [-0.1, -0.05) is 36.4 Å². The Hall–Kier alpha value is -2.40. The number of aromatic nitrogens is 1. The van der Waals surface area contributed by atoms with E-state index in [9.17, 15) is 4.79 Å². The van der Waals surface area contributed by atoms with Crippen molar-refractivity contribution in [2.24, 2.45) is 0 Å². The number of carbonyl (C=O) groups is 1. The number of nitrogens with zero attached hydrogens (tertiary/aromatic N) is 2. The number of rotatable bonds is 4. The summed E-state index contributed by atoms with van der Waals surface area (Å²) in [4.78, 5) is 22.6. The predicted molar refractivity (Wildman–Crippen MR) is 106 cm³/mol. The Bertz CT molecular complexity index is 722.